The molecule has 0 heterocycles. The third-order valence-electron chi connectivity index (χ3n) is 2.75. The van der Waals surface area contributed by atoms with Gasteiger partial charge in [-0.2, -0.15) is 0 Å². The molecule has 0 atom stereocenters. The van der Waals surface area contributed by atoms with Crippen LogP contribution in [0.4, 0.5) is 11.4 Å². The topological polar surface area (TPSA) is 72.2 Å². The van der Waals surface area contributed by atoms with Crippen molar-refractivity contribution < 1.29 is 9.72 Å². The third kappa shape index (κ3) is 3.71. The smallest absolute Gasteiger partial charge is 0.292 e. The van der Waals surface area contributed by atoms with E-state index in [1.807, 2.05) is 0 Å². The molecule has 0 radical (unpaired) electrons. The molecule has 0 fully saturated rings. The largest absolute Gasteiger partial charge is 0.316 e. The predicted octanol–water partition coefficient (Wildman–Crippen LogP) is 4.24. The van der Waals surface area contributed by atoms with Gasteiger partial charge < -0.3 is 5.32 Å². The van der Waals surface area contributed by atoms with Gasteiger partial charge in [0.15, 0.2) is 0 Å². The van der Waals surface area contributed by atoms with Crippen molar-refractivity contribution in [1.29, 1.82) is 0 Å². The van der Waals surface area contributed by atoms with Crippen LogP contribution >= 0.6 is 23.2 Å². The van der Waals surface area contributed by atoms with E-state index in [0.29, 0.717) is 10.6 Å². The average molecular weight is 325 g/mol. The van der Waals surface area contributed by atoms with Crippen LogP contribution in [0.1, 0.15) is 15.9 Å². The van der Waals surface area contributed by atoms with Crippen molar-refractivity contribution in [2.45, 2.75) is 5.88 Å². The summed E-state index contributed by atoms with van der Waals surface area (Å²) in [5, 5.41) is 13.7. The van der Waals surface area contributed by atoms with E-state index in [0.717, 1.165) is 5.56 Å². The van der Waals surface area contributed by atoms with E-state index in [9.17, 15) is 14.9 Å². The molecule has 1 N–H and O–H groups in total. The Morgan fingerprint density at radius 2 is 2.00 bits per heavy atom. The van der Waals surface area contributed by atoms with Gasteiger partial charge in [-0.1, -0.05) is 23.7 Å². The van der Waals surface area contributed by atoms with Crippen molar-refractivity contribution in [3.05, 3.63) is 68.7 Å². The number of alkyl halides is 1. The lowest BCUT2D eigenvalue weighted by Gasteiger charge is -2.07. The van der Waals surface area contributed by atoms with Gasteiger partial charge in [0.25, 0.3) is 11.6 Å². The standard InChI is InChI=1S/C14H10Cl2N2O3/c15-8-9-2-1-3-10(6-9)14(19)17-12-7-11(16)4-5-13(12)18(20)21/h1-7H,8H2,(H,17,19). The molecule has 0 saturated carbocycles. The van der Waals surface area contributed by atoms with Gasteiger partial charge in [-0.15, -0.1) is 11.6 Å². The van der Waals surface area contributed by atoms with Crippen LogP contribution in [0.2, 0.25) is 5.02 Å². The van der Waals surface area contributed by atoms with Gasteiger partial charge >= 0.3 is 0 Å². The third-order valence-corrected chi connectivity index (χ3v) is 3.29. The number of nitro benzene ring substituents is 1. The van der Waals surface area contributed by atoms with Crippen molar-refractivity contribution >= 4 is 40.5 Å². The number of nitrogens with one attached hydrogen (secondary N) is 1. The van der Waals surface area contributed by atoms with E-state index in [4.69, 9.17) is 23.2 Å². The van der Waals surface area contributed by atoms with Gasteiger partial charge in [0, 0.05) is 22.5 Å². The fourth-order valence-electron chi connectivity index (χ4n) is 1.76. The van der Waals surface area contributed by atoms with Crippen LogP contribution in [-0.4, -0.2) is 10.8 Å². The molecule has 0 spiro atoms. The highest BCUT2D eigenvalue weighted by molar-refractivity contribution is 6.31. The first-order valence-electron chi connectivity index (χ1n) is 5.91. The summed E-state index contributed by atoms with van der Waals surface area (Å²) >= 11 is 11.5. The molecule has 0 saturated heterocycles. The minimum atomic E-state index is -0.582. The molecule has 0 aliphatic carbocycles. The predicted molar refractivity (Wildman–Crippen MR) is 82.1 cm³/mol. The van der Waals surface area contributed by atoms with E-state index in [1.165, 1.54) is 18.2 Å². The minimum absolute atomic E-state index is 0.0498. The van der Waals surface area contributed by atoms with Crippen molar-refractivity contribution in [2.24, 2.45) is 0 Å². The highest BCUT2D eigenvalue weighted by Gasteiger charge is 2.17. The molecule has 21 heavy (non-hydrogen) atoms. The SMILES string of the molecule is O=C(Nc1cc(Cl)ccc1[N+](=O)[O-])c1cccc(CCl)c1. The Bertz CT molecular complexity index is 704. The number of carbonyl (C=O) groups is 1. The number of benzene rings is 2. The molecule has 108 valence electrons. The van der Waals surface area contributed by atoms with Crippen LogP contribution in [0.15, 0.2) is 42.5 Å². The molecular formula is C14H10Cl2N2O3. The molecular weight excluding hydrogens is 315 g/mol. The Morgan fingerprint density at radius 1 is 1.24 bits per heavy atom. The van der Waals surface area contributed by atoms with E-state index in [1.54, 1.807) is 24.3 Å². The Balaban J connectivity index is 2.30. The number of nitrogens with zero attached hydrogens (tertiary/aromatic N) is 1. The highest BCUT2D eigenvalue weighted by atomic mass is 35.5. The summed E-state index contributed by atoms with van der Waals surface area (Å²) < 4.78 is 0. The van der Waals surface area contributed by atoms with Crippen LogP contribution < -0.4 is 5.32 Å². The van der Waals surface area contributed by atoms with Gasteiger partial charge in [0.1, 0.15) is 5.69 Å². The fourth-order valence-corrected chi connectivity index (χ4v) is 2.10. The van der Waals surface area contributed by atoms with Crippen molar-refractivity contribution in [3.8, 4) is 0 Å². The molecule has 0 aliphatic rings. The Kier molecular flexibility index (Phi) is 4.77. The van der Waals surface area contributed by atoms with E-state index >= 15 is 0 Å². The van der Waals surface area contributed by atoms with Crippen molar-refractivity contribution in [2.75, 3.05) is 5.32 Å². The molecule has 0 unspecified atom stereocenters. The van der Waals surface area contributed by atoms with Gasteiger partial charge in [-0.05, 0) is 29.8 Å². The number of anilines is 1. The first-order valence-corrected chi connectivity index (χ1v) is 6.82. The van der Waals surface area contributed by atoms with Crippen LogP contribution in [0.25, 0.3) is 0 Å². The van der Waals surface area contributed by atoms with E-state index < -0.39 is 10.8 Å². The number of hydrogen-bond acceptors (Lipinski definition) is 3. The van der Waals surface area contributed by atoms with Gasteiger partial charge in [-0.3, -0.25) is 14.9 Å². The number of halogens is 2. The average Bonchev–Trinajstić information content (AvgIpc) is 2.47. The molecule has 7 heteroatoms. The second kappa shape index (κ2) is 6.56. The number of nitro groups is 1. The lowest BCUT2D eigenvalue weighted by atomic mass is 10.1. The zero-order valence-electron chi connectivity index (χ0n) is 10.7. The molecule has 0 aromatic heterocycles. The molecule has 2 aromatic carbocycles. The first kappa shape index (κ1) is 15.3. The maximum Gasteiger partial charge on any atom is 0.292 e. The van der Waals surface area contributed by atoms with Crippen molar-refractivity contribution in [1.82, 2.24) is 0 Å². The zero-order valence-corrected chi connectivity index (χ0v) is 12.2. The zero-order chi connectivity index (χ0) is 15.4. The summed E-state index contributed by atoms with van der Waals surface area (Å²) in [4.78, 5) is 22.5. The molecule has 0 bridgehead atoms. The Hall–Kier alpha value is -2.11. The van der Waals surface area contributed by atoms with Gasteiger partial charge in [-0.25, -0.2) is 0 Å². The van der Waals surface area contributed by atoms with Crippen LogP contribution in [0.5, 0.6) is 0 Å². The molecule has 1 amide bonds. The quantitative estimate of drug-likeness (QED) is 0.519. The summed E-state index contributed by atoms with van der Waals surface area (Å²) in [6.45, 7) is 0. The summed E-state index contributed by atoms with van der Waals surface area (Å²) in [6.07, 6.45) is 0. The lowest BCUT2D eigenvalue weighted by Crippen LogP contribution is -2.13. The van der Waals surface area contributed by atoms with Gasteiger partial charge in [0.2, 0.25) is 0 Å². The molecule has 2 rings (SSSR count). The van der Waals surface area contributed by atoms with Crippen LogP contribution in [0.3, 0.4) is 0 Å². The van der Waals surface area contributed by atoms with E-state index in [-0.39, 0.29) is 17.3 Å². The monoisotopic (exact) mass is 324 g/mol. The maximum atomic E-state index is 12.1. The fraction of sp³-hybridized carbons (Fsp3) is 0.0714. The maximum absolute atomic E-state index is 12.1. The van der Waals surface area contributed by atoms with Crippen LogP contribution in [-0.2, 0) is 5.88 Å². The first-order chi connectivity index (χ1) is 10.0. The Morgan fingerprint density at radius 3 is 2.67 bits per heavy atom. The van der Waals surface area contributed by atoms with Crippen LogP contribution in [0, 0.1) is 10.1 Å². The highest BCUT2D eigenvalue weighted by Crippen LogP contribution is 2.28. The number of hydrogen-bond donors (Lipinski definition) is 1. The number of amides is 1. The van der Waals surface area contributed by atoms with Gasteiger partial charge in [0.05, 0.1) is 4.92 Å². The number of rotatable bonds is 4. The summed E-state index contributed by atoms with van der Waals surface area (Å²) in [7, 11) is 0. The second-order valence-electron chi connectivity index (χ2n) is 4.21. The summed E-state index contributed by atoms with van der Waals surface area (Å²) in [5.41, 5.74) is 0.974. The molecule has 5 nitrogen and oxygen atoms in total. The molecule has 2 aromatic rings. The lowest BCUT2D eigenvalue weighted by molar-refractivity contribution is -0.383. The second-order valence-corrected chi connectivity index (χ2v) is 4.91. The normalized spacial score (nSPS) is 10.2. The van der Waals surface area contributed by atoms with E-state index in [2.05, 4.69) is 5.32 Å². The van der Waals surface area contributed by atoms with Crippen molar-refractivity contribution in [3.63, 3.8) is 0 Å². The number of carbonyl (C=O) groups excluding carboxylic acids is 1. The Labute approximate surface area is 130 Å². The molecule has 0 aliphatic heterocycles. The summed E-state index contributed by atoms with van der Waals surface area (Å²) in [5.74, 6) is -0.189. The minimum Gasteiger partial charge on any atom is -0.316 e. The summed E-state index contributed by atoms with van der Waals surface area (Å²) in [6, 6.07) is 10.7.